The zero-order chi connectivity index (χ0) is 22.2. The van der Waals surface area contributed by atoms with Crippen LogP contribution in [0.3, 0.4) is 0 Å². The number of carbonyl (C=O) groups excluding carboxylic acids is 2. The molecule has 0 bridgehead atoms. The fourth-order valence-electron chi connectivity index (χ4n) is 4.27. The first kappa shape index (κ1) is 23.5. The number of nitrogen functional groups attached to an aromatic ring is 1. The summed E-state index contributed by atoms with van der Waals surface area (Å²) in [6.45, 7) is 6.96. The van der Waals surface area contributed by atoms with Crippen molar-refractivity contribution in [2.75, 3.05) is 58.6 Å². The summed E-state index contributed by atoms with van der Waals surface area (Å²) in [5.74, 6) is 0.658. The van der Waals surface area contributed by atoms with E-state index in [9.17, 15) is 9.59 Å². The zero-order valence-electron chi connectivity index (χ0n) is 18.7. The lowest BCUT2D eigenvalue weighted by Crippen LogP contribution is -2.47. The summed E-state index contributed by atoms with van der Waals surface area (Å²) in [4.78, 5) is 35.3. The van der Waals surface area contributed by atoms with Crippen molar-refractivity contribution in [3.8, 4) is 0 Å². The number of anilines is 1. The zero-order valence-corrected chi connectivity index (χ0v) is 18.7. The Kier molecular flexibility index (Phi) is 8.68. The van der Waals surface area contributed by atoms with Crippen LogP contribution < -0.4 is 16.8 Å². The third-order valence-corrected chi connectivity index (χ3v) is 6.34. The topological polar surface area (TPSA) is 126 Å². The number of nitrogens with one attached hydrogen (secondary N) is 1. The maximum atomic E-state index is 12.4. The lowest BCUT2D eigenvalue weighted by molar-refractivity contribution is -0.132. The highest BCUT2D eigenvalue weighted by atomic mass is 16.2. The van der Waals surface area contributed by atoms with E-state index in [1.807, 2.05) is 15.7 Å². The summed E-state index contributed by atoms with van der Waals surface area (Å²) in [6.07, 6.45) is 7.26. The summed E-state index contributed by atoms with van der Waals surface area (Å²) < 4.78 is 1.86. The molecule has 31 heavy (non-hydrogen) atoms. The SMILES string of the molecule is CN1CCN(C(=O)CCCN2CC[C@@H](NC(=O)C(N)CCCn3ccnc3N)C2)CC1. The van der Waals surface area contributed by atoms with Gasteiger partial charge >= 0.3 is 0 Å². The molecule has 2 saturated heterocycles. The van der Waals surface area contributed by atoms with E-state index in [0.29, 0.717) is 25.3 Å². The van der Waals surface area contributed by atoms with Crippen LogP contribution in [0.1, 0.15) is 32.1 Å². The second-order valence-electron chi connectivity index (χ2n) is 8.81. The number of piperazine rings is 1. The molecule has 2 aliphatic heterocycles. The minimum Gasteiger partial charge on any atom is -0.369 e. The number of rotatable bonds is 10. The van der Waals surface area contributed by atoms with Crippen molar-refractivity contribution in [3.05, 3.63) is 12.4 Å². The maximum absolute atomic E-state index is 12.4. The quantitative estimate of drug-likeness (QED) is 0.445. The molecule has 2 aliphatic rings. The summed E-state index contributed by atoms with van der Waals surface area (Å²) in [6, 6.07) is -0.379. The maximum Gasteiger partial charge on any atom is 0.237 e. The van der Waals surface area contributed by atoms with E-state index in [1.54, 1.807) is 6.20 Å². The predicted octanol–water partition coefficient (Wildman–Crippen LogP) is -0.682. The number of carbonyl (C=O) groups is 2. The number of hydrogen-bond donors (Lipinski definition) is 3. The Morgan fingerprint density at radius 1 is 1.19 bits per heavy atom. The number of hydrogen-bond acceptors (Lipinski definition) is 7. The van der Waals surface area contributed by atoms with Gasteiger partial charge in [-0.15, -0.1) is 0 Å². The van der Waals surface area contributed by atoms with Gasteiger partial charge in [-0.3, -0.25) is 9.59 Å². The minimum atomic E-state index is -0.514. The molecular weight excluding hydrogens is 396 g/mol. The number of likely N-dealkylation sites (N-methyl/N-ethyl adjacent to an activating group) is 1. The summed E-state index contributed by atoms with van der Waals surface area (Å²) in [7, 11) is 2.09. The molecule has 0 aliphatic carbocycles. The van der Waals surface area contributed by atoms with Crippen LogP contribution in [0.4, 0.5) is 5.95 Å². The van der Waals surface area contributed by atoms with Gasteiger partial charge in [-0.25, -0.2) is 4.98 Å². The van der Waals surface area contributed by atoms with Gasteiger partial charge in [0, 0.05) is 70.7 Å². The Morgan fingerprint density at radius 2 is 1.97 bits per heavy atom. The van der Waals surface area contributed by atoms with E-state index in [4.69, 9.17) is 11.5 Å². The fourth-order valence-corrected chi connectivity index (χ4v) is 4.27. The van der Waals surface area contributed by atoms with Crippen molar-refractivity contribution in [2.24, 2.45) is 5.73 Å². The first-order valence-electron chi connectivity index (χ1n) is 11.4. The van der Waals surface area contributed by atoms with Crippen LogP contribution in [-0.4, -0.2) is 101 Å². The smallest absolute Gasteiger partial charge is 0.237 e. The van der Waals surface area contributed by atoms with E-state index in [2.05, 4.69) is 27.1 Å². The Morgan fingerprint density at radius 3 is 2.68 bits per heavy atom. The molecule has 0 aromatic carbocycles. The van der Waals surface area contributed by atoms with Gasteiger partial charge in [0.15, 0.2) is 5.95 Å². The number of likely N-dealkylation sites (tertiary alicyclic amines) is 1. The number of imidazole rings is 1. The molecule has 2 fully saturated rings. The van der Waals surface area contributed by atoms with E-state index < -0.39 is 6.04 Å². The highest BCUT2D eigenvalue weighted by Crippen LogP contribution is 2.12. The highest BCUT2D eigenvalue weighted by molar-refractivity contribution is 5.81. The van der Waals surface area contributed by atoms with Gasteiger partial charge in [0.2, 0.25) is 11.8 Å². The molecule has 1 unspecified atom stereocenters. The monoisotopic (exact) mass is 434 g/mol. The number of aromatic nitrogens is 2. The van der Waals surface area contributed by atoms with Crippen LogP contribution in [0.15, 0.2) is 12.4 Å². The largest absolute Gasteiger partial charge is 0.369 e. The molecule has 0 radical (unpaired) electrons. The molecule has 3 heterocycles. The van der Waals surface area contributed by atoms with Gasteiger partial charge in [0.1, 0.15) is 0 Å². The Bertz CT molecular complexity index is 716. The number of aryl methyl sites for hydroxylation is 1. The standard InChI is InChI=1S/C21H38N8O2/c1-26-12-14-28(15-13-26)19(30)5-3-8-27-10-6-17(16-27)25-20(31)18(22)4-2-9-29-11-7-24-21(29)23/h7,11,17-18H,2-6,8-10,12-16,22H2,1H3,(H2,23,24)(H,25,31)/t17-,18?/m1/s1. The third-order valence-electron chi connectivity index (χ3n) is 6.34. The van der Waals surface area contributed by atoms with Crippen LogP contribution in [0.25, 0.3) is 0 Å². The fraction of sp³-hybridized carbons (Fsp3) is 0.762. The number of amides is 2. The predicted molar refractivity (Wildman–Crippen MR) is 120 cm³/mol. The minimum absolute atomic E-state index is 0.0873. The second-order valence-corrected chi connectivity index (χ2v) is 8.81. The molecule has 10 nitrogen and oxygen atoms in total. The molecule has 0 spiro atoms. The van der Waals surface area contributed by atoms with Crippen LogP contribution in [0, 0.1) is 0 Å². The summed E-state index contributed by atoms with van der Waals surface area (Å²) in [5.41, 5.74) is 11.8. The Balaban J connectivity index is 1.27. The van der Waals surface area contributed by atoms with E-state index in [-0.39, 0.29) is 17.9 Å². The van der Waals surface area contributed by atoms with Crippen molar-refractivity contribution in [3.63, 3.8) is 0 Å². The number of nitrogens with zero attached hydrogens (tertiary/aromatic N) is 5. The van der Waals surface area contributed by atoms with Crippen LogP contribution in [0.5, 0.6) is 0 Å². The van der Waals surface area contributed by atoms with Crippen molar-refractivity contribution >= 4 is 17.8 Å². The van der Waals surface area contributed by atoms with Crippen molar-refractivity contribution in [1.82, 2.24) is 29.6 Å². The Labute approximate surface area is 184 Å². The summed E-state index contributed by atoms with van der Waals surface area (Å²) in [5, 5.41) is 3.09. The second kappa shape index (κ2) is 11.4. The first-order chi connectivity index (χ1) is 14.9. The molecule has 174 valence electrons. The van der Waals surface area contributed by atoms with Crippen molar-refractivity contribution in [1.29, 1.82) is 0 Å². The van der Waals surface area contributed by atoms with Gasteiger partial charge < -0.3 is 36.1 Å². The lowest BCUT2D eigenvalue weighted by Gasteiger charge is -2.32. The molecule has 0 saturated carbocycles. The van der Waals surface area contributed by atoms with Crippen molar-refractivity contribution < 1.29 is 9.59 Å². The highest BCUT2D eigenvalue weighted by Gasteiger charge is 2.26. The summed E-state index contributed by atoms with van der Waals surface area (Å²) >= 11 is 0. The normalized spacial score (nSPS) is 21.4. The van der Waals surface area contributed by atoms with Crippen LogP contribution in [0.2, 0.25) is 0 Å². The molecule has 5 N–H and O–H groups in total. The van der Waals surface area contributed by atoms with Gasteiger partial charge in [0.05, 0.1) is 6.04 Å². The van der Waals surface area contributed by atoms with Crippen molar-refractivity contribution in [2.45, 2.75) is 50.7 Å². The average molecular weight is 435 g/mol. The lowest BCUT2D eigenvalue weighted by atomic mass is 10.1. The molecule has 1 aromatic heterocycles. The van der Waals surface area contributed by atoms with Gasteiger partial charge in [-0.1, -0.05) is 0 Å². The molecule has 2 atom stereocenters. The van der Waals surface area contributed by atoms with E-state index in [0.717, 1.165) is 65.1 Å². The first-order valence-corrected chi connectivity index (χ1v) is 11.4. The molecular formula is C21H38N8O2. The Hall–Kier alpha value is -2.17. The van der Waals surface area contributed by atoms with Gasteiger partial charge in [-0.2, -0.15) is 0 Å². The number of nitrogens with two attached hydrogens (primary N) is 2. The van der Waals surface area contributed by atoms with Gasteiger partial charge in [-0.05, 0) is 39.3 Å². The van der Waals surface area contributed by atoms with E-state index >= 15 is 0 Å². The molecule has 10 heteroatoms. The molecule has 1 aromatic rings. The van der Waals surface area contributed by atoms with Crippen LogP contribution >= 0.6 is 0 Å². The van der Waals surface area contributed by atoms with Crippen LogP contribution in [-0.2, 0) is 16.1 Å². The third kappa shape index (κ3) is 7.19. The average Bonchev–Trinajstić information content (AvgIpc) is 3.37. The van der Waals surface area contributed by atoms with E-state index in [1.165, 1.54) is 0 Å². The molecule has 2 amide bonds. The van der Waals surface area contributed by atoms with Gasteiger partial charge in [0.25, 0.3) is 0 Å². The molecule has 3 rings (SSSR count).